The zero-order valence-electron chi connectivity index (χ0n) is 11.8. The van der Waals surface area contributed by atoms with E-state index in [9.17, 15) is 0 Å². The van der Waals surface area contributed by atoms with E-state index in [2.05, 4.69) is 20.2 Å². The highest BCUT2D eigenvalue weighted by Gasteiger charge is 2.15. The van der Waals surface area contributed by atoms with Gasteiger partial charge in [0.15, 0.2) is 0 Å². The number of morpholine rings is 1. The third-order valence-electron chi connectivity index (χ3n) is 3.71. The van der Waals surface area contributed by atoms with Crippen LogP contribution in [0, 0.1) is 0 Å². The summed E-state index contributed by atoms with van der Waals surface area (Å²) in [6.45, 7) is 5.87. The summed E-state index contributed by atoms with van der Waals surface area (Å²) in [4.78, 5) is 11.0. The molecule has 110 valence electrons. The maximum absolute atomic E-state index is 5.58. The summed E-state index contributed by atoms with van der Waals surface area (Å²) in [7, 11) is 0. The van der Waals surface area contributed by atoms with Gasteiger partial charge in [0.1, 0.15) is 0 Å². The molecule has 2 aliphatic heterocycles. The fourth-order valence-electron chi connectivity index (χ4n) is 2.55. The lowest BCUT2D eigenvalue weighted by Crippen LogP contribution is -2.37. The van der Waals surface area contributed by atoms with E-state index in [-0.39, 0.29) is 0 Å². The van der Waals surface area contributed by atoms with Crippen LogP contribution in [0.2, 0.25) is 0 Å². The molecule has 0 saturated carbocycles. The Hall–Kier alpha value is -1.24. The molecule has 0 unspecified atom stereocenters. The fraction of sp³-hybridized carbons (Fsp3) is 0.714. The molecule has 2 saturated heterocycles. The molecule has 3 heterocycles. The van der Waals surface area contributed by atoms with Crippen molar-refractivity contribution >= 4 is 5.95 Å². The molecule has 1 aromatic rings. The predicted octanol–water partition coefficient (Wildman–Crippen LogP) is 0.582. The van der Waals surface area contributed by atoms with Gasteiger partial charge in [0.2, 0.25) is 5.95 Å². The van der Waals surface area contributed by atoms with Crippen LogP contribution in [-0.4, -0.2) is 55.5 Å². The molecule has 0 aromatic carbocycles. The van der Waals surface area contributed by atoms with E-state index >= 15 is 0 Å². The Bertz CT molecular complexity index is 400. The van der Waals surface area contributed by atoms with Gasteiger partial charge in [0.05, 0.1) is 19.3 Å². The Balaban J connectivity index is 1.45. The number of hydrogen-bond donors (Lipinski definition) is 1. The van der Waals surface area contributed by atoms with E-state index in [4.69, 9.17) is 9.47 Å². The molecule has 20 heavy (non-hydrogen) atoms. The van der Waals surface area contributed by atoms with Crippen molar-refractivity contribution in [2.75, 3.05) is 44.4 Å². The minimum Gasteiger partial charge on any atom is -0.378 e. The van der Waals surface area contributed by atoms with Gasteiger partial charge in [-0.05, 0) is 12.8 Å². The summed E-state index contributed by atoms with van der Waals surface area (Å²) in [6.07, 6.45) is 6.53. The van der Waals surface area contributed by atoms with E-state index in [1.54, 1.807) is 0 Å². The standard InChI is InChI=1S/C14H22N4O2/c1-2-13(20-5-1)11-15-8-12-9-16-14(17-10-12)18-3-6-19-7-4-18/h9-10,13,15H,1-8,11H2/t13-/m1/s1. The van der Waals surface area contributed by atoms with Crippen molar-refractivity contribution in [3.05, 3.63) is 18.0 Å². The van der Waals surface area contributed by atoms with E-state index < -0.39 is 0 Å². The SMILES string of the molecule is c1nc(N2CCOCC2)ncc1CNC[C@H]1CCCO1. The lowest BCUT2D eigenvalue weighted by atomic mass is 10.2. The van der Waals surface area contributed by atoms with E-state index in [0.717, 1.165) is 57.5 Å². The molecule has 0 spiro atoms. The number of aromatic nitrogens is 2. The molecule has 6 heteroatoms. The molecule has 1 N–H and O–H groups in total. The predicted molar refractivity (Wildman–Crippen MR) is 75.7 cm³/mol. The Morgan fingerprint density at radius 2 is 2.00 bits per heavy atom. The first-order valence-electron chi connectivity index (χ1n) is 7.38. The number of nitrogens with one attached hydrogen (secondary N) is 1. The van der Waals surface area contributed by atoms with E-state index in [1.165, 1.54) is 12.8 Å². The monoisotopic (exact) mass is 278 g/mol. The molecule has 0 amide bonds. The van der Waals surface area contributed by atoms with Gasteiger partial charge in [-0.1, -0.05) is 0 Å². The van der Waals surface area contributed by atoms with Crippen molar-refractivity contribution in [2.45, 2.75) is 25.5 Å². The molecule has 1 aromatic heterocycles. The maximum Gasteiger partial charge on any atom is 0.225 e. The minimum atomic E-state index is 0.378. The highest BCUT2D eigenvalue weighted by atomic mass is 16.5. The average Bonchev–Trinajstić information content (AvgIpc) is 3.02. The third-order valence-corrected chi connectivity index (χ3v) is 3.71. The zero-order chi connectivity index (χ0) is 13.6. The van der Waals surface area contributed by atoms with Crippen LogP contribution in [0.25, 0.3) is 0 Å². The van der Waals surface area contributed by atoms with E-state index in [0.29, 0.717) is 6.10 Å². The second-order valence-electron chi connectivity index (χ2n) is 5.26. The minimum absolute atomic E-state index is 0.378. The Labute approximate surface area is 119 Å². The maximum atomic E-state index is 5.58. The van der Waals surface area contributed by atoms with Crippen LogP contribution in [0.15, 0.2) is 12.4 Å². The summed E-state index contributed by atoms with van der Waals surface area (Å²) in [6, 6.07) is 0. The van der Waals surface area contributed by atoms with Crippen molar-refractivity contribution in [3.63, 3.8) is 0 Å². The van der Waals surface area contributed by atoms with Gasteiger partial charge in [-0.25, -0.2) is 9.97 Å². The molecule has 2 aliphatic rings. The largest absolute Gasteiger partial charge is 0.378 e. The van der Waals surface area contributed by atoms with Crippen molar-refractivity contribution < 1.29 is 9.47 Å². The normalized spacial score (nSPS) is 23.2. The molecular weight excluding hydrogens is 256 g/mol. The highest BCUT2D eigenvalue weighted by molar-refractivity contribution is 5.30. The highest BCUT2D eigenvalue weighted by Crippen LogP contribution is 2.11. The molecule has 0 bridgehead atoms. The Kier molecular flexibility index (Phi) is 4.78. The van der Waals surface area contributed by atoms with Gasteiger partial charge in [0.25, 0.3) is 0 Å². The first kappa shape index (κ1) is 13.7. The average molecular weight is 278 g/mol. The zero-order valence-corrected chi connectivity index (χ0v) is 11.8. The second-order valence-corrected chi connectivity index (χ2v) is 5.26. The van der Waals surface area contributed by atoms with Crippen molar-refractivity contribution in [1.29, 1.82) is 0 Å². The van der Waals surface area contributed by atoms with Gasteiger partial charge in [-0.2, -0.15) is 0 Å². The summed E-state index contributed by atoms with van der Waals surface area (Å²) < 4.78 is 10.9. The molecule has 3 rings (SSSR count). The molecule has 0 aliphatic carbocycles. The van der Waals surface area contributed by atoms with Gasteiger partial charge in [-0.3, -0.25) is 0 Å². The van der Waals surface area contributed by atoms with Crippen LogP contribution >= 0.6 is 0 Å². The van der Waals surface area contributed by atoms with Crippen LogP contribution in [0.5, 0.6) is 0 Å². The van der Waals surface area contributed by atoms with Gasteiger partial charge >= 0.3 is 0 Å². The molecule has 6 nitrogen and oxygen atoms in total. The fourth-order valence-corrected chi connectivity index (χ4v) is 2.55. The Morgan fingerprint density at radius 3 is 2.70 bits per heavy atom. The topological polar surface area (TPSA) is 59.5 Å². The van der Waals surface area contributed by atoms with Crippen molar-refractivity contribution in [3.8, 4) is 0 Å². The smallest absolute Gasteiger partial charge is 0.225 e. The number of rotatable bonds is 5. The van der Waals surface area contributed by atoms with Crippen molar-refractivity contribution in [1.82, 2.24) is 15.3 Å². The Morgan fingerprint density at radius 1 is 1.20 bits per heavy atom. The number of hydrogen-bond acceptors (Lipinski definition) is 6. The van der Waals surface area contributed by atoms with Crippen LogP contribution in [0.4, 0.5) is 5.95 Å². The van der Waals surface area contributed by atoms with Gasteiger partial charge in [-0.15, -0.1) is 0 Å². The summed E-state index contributed by atoms with van der Waals surface area (Å²) in [5, 5.41) is 3.40. The van der Waals surface area contributed by atoms with Crippen molar-refractivity contribution in [2.24, 2.45) is 0 Å². The first-order valence-corrected chi connectivity index (χ1v) is 7.38. The lowest BCUT2D eigenvalue weighted by molar-refractivity contribution is 0.110. The molecule has 2 fully saturated rings. The summed E-state index contributed by atoms with van der Waals surface area (Å²) in [5.41, 5.74) is 1.11. The third kappa shape index (κ3) is 3.65. The molecule has 0 radical (unpaired) electrons. The van der Waals surface area contributed by atoms with Crippen LogP contribution in [0.1, 0.15) is 18.4 Å². The number of nitrogens with zero attached hydrogens (tertiary/aromatic N) is 3. The van der Waals surface area contributed by atoms with Crippen LogP contribution < -0.4 is 10.2 Å². The molecule has 1 atom stereocenters. The van der Waals surface area contributed by atoms with Crippen LogP contribution in [0.3, 0.4) is 0 Å². The number of ether oxygens (including phenoxy) is 2. The second kappa shape index (κ2) is 6.97. The van der Waals surface area contributed by atoms with Gasteiger partial charge < -0.3 is 19.7 Å². The summed E-state index contributed by atoms with van der Waals surface area (Å²) in [5.74, 6) is 0.802. The lowest BCUT2D eigenvalue weighted by Gasteiger charge is -2.26. The summed E-state index contributed by atoms with van der Waals surface area (Å²) >= 11 is 0. The first-order chi connectivity index (χ1) is 9.92. The quantitative estimate of drug-likeness (QED) is 0.850. The number of anilines is 1. The van der Waals surface area contributed by atoms with E-state index in [1.807, 2.05) is 12.4 Å². The van der Waals surface area contributed by atoms with Crippen LogP contribution in [-0.2, 0) is 16.0 Å². The molecular formula is C14H22N4O2. The van der Waals surface area contributed by atoms with Gasteiger partial charge in [0, 0.05) is 50.7 Å².